The molecule has 2 aromatic rings. The molecule has 2 aliphatic rings. The van der Waals surface area contributed by atoms with Gasteiger partial charge in [0.05, 0.1) is 18.8 Å². The number of nitrogens with zero attached hydrogens (tertiary/aromatic N) is 1. The first kappa shape index (κ1) is 33.1. The molecule has 2 saturated heterocycles. The van der Waals surface area contributed by atoms with Gasteiger partial charge in [0.15, 0.2) is 6.29 Å². The van der Waals surface area contributed by atoms with Crippen molar-refractivity contribution >= 4 is 11.8 Å². The Morgan fingerprint density at radius 1 is 0.767 bits per heavy atom. The number of amides is 2. The molecule has 2 heterocycles. The fourth-order valence-corrected chi connectivity index (χ4v) is 5.88. The van der Waals surface area contributed by atoms with Crippen LogP contribution in [0.25, 0.3) is 0 Å². The maximum absolute atomic E-state index is 12.3. The molecule has 3 unspecified atom stereocenters. The van der Waals surface area contributed by atoms with Crippen LogP contribution in [0.4, 0.5) is 0 Å². The van der Waals surface area contributed by atoms with Gasteiger partial charge >= 0.3 is 0 Å². The van der Waals surface area contributed by atoms with Gasteiger partial charge in [-0.25, -0.2) is 5.48 Å². The minimum absolute atomic E-state index is 0.0123. The number of nitrogens with one attached hydrogen (secondary N) is 2. The van der Waals surface area contributed by atoms with Gasteiger partial charge in [0.1, 0.15) is 0 Å². The number of aliphatic hydroxyl groups excluding tert-OH is 1. The lowest BCUT2D eigenvalue weighted by Crippen LogP contribution is -2.40. The largest absolute Gasteiger partial charge is 0.392 e. The summed E-state index contributed by atoms with van der Waals surface area (Å²) in [7, 11) is 0. The molecule has 2 aromatic carbocycles. The molecule has 4 N–H and O–H groups in total. The summed E-state index contributed by atoms with van der Waals surface area (Å²) in [6.07, 6.45) is 10.6. The van der Waals surface area contributed by atoms with Crippen LogP contribution in [0.2, 0.25) is 0 Å². The number of carbonyl (C=O) groups is 2. The molecule has 0 aliphatic carbocycles. The molecular formula is C34H49N3O6. The summed E-state index contributed by atoms with van der Waals surface area (Å²) in [5.74, 6) is -0.361. The Hall–Kier alpha value is -2.82. The highest BCUT2D eigenvalue weighted by Crippen LogP contribution is 2.38. The van der Waals surface area contributed by atoms with Gasteiger partial charge in [-0.05, 0) is 55.5 Å². The monoisotopic (exact) mass is 595 g/mol. The standard InChI is InChI=1S/C34H49N3O6/c38-25-27-14-16-28(17-15-27)31-22-30(24-37-20-8-4-1-5-9-21-37)42-34(43-31)29-18-12-26(13-19-29)23-35-32(39)10-6-2-3-7-11-33(40)36-41/h12-19,30-31,34,38,41H,1-11,20-25H2,(H,35,39)(H,36,40). The Labute approximate surface area is 255 Å². The fourth-order valence-electron chi connectivity index (χ4n) is 5.88. The van der Waals surface area contributed by atoms with Gasteiger partial charge in [0.2, 0.25) is 11.8 Å². The summed E-state index contributed by atoms with van der Waals surface area (Å²) in [6.45, 7) is 3.61. The lowest BCUT2D eigenvalue weighted by Gasteiger charge is -2.38. The van der Waals surface area contributed by atoms with Gasteiger partial charge in [-0.1, -0.05) is 80.6 Å². The lowest BCUT2D eigenvalue weighted by atomic mass is 9.99. The molecule has 0 aromatic heterocycles. The number of unbranched alkanes of at least 4 members (excludes halogenated alkanes) is 3. The van der Waals surface area contributed by atoms with Crippen LogP contribution in [0.15, 0.2) is 48.5 Å². The molecule has 2 amide bonds. The molecule has 0 saturated carbocycles. The maximum atomic E-state index is 12.3. The van der Waals surface area contributed by atoms with Crippen LogP contribution in [0.5, 0.6) is 0 Å². The van der Waals surface area contributed by atoms with Crippen molar-refractivity contribution in [2.75, 3.05) is 19.6 Å². The van der Waals surface area contributed by atoms with Gasteiger partial charge in [0, 0.05) is 37.9 Å². The smallest absolute Gasteiger partial charge is 0.243 e. The third-order valence-electron chi connectivity index (χ3n) is 8.45. The number of likely N-dealkylation sites (tertiary alicyclic amines) is 1. The molecule has 0 bridgehead atoms. The second-order valence-corrected chi connectivity index (χ2v) is 11.9. The third-order valence-corrected chi connectivity index (χ3v) is 8.45. The van der Waals surface area contributed by atoms with Crippen molar-refractivity contribution in [3.05, 3.63) is 70.8 Å². The predicted molar refractivity (Wildman–Crippen MR) is 164 cm³/mol. The summed E-state index contributed by atoms with van der Waals surface area (Å²) in [5.41, 5.74) is 5.58. The van der Waals surface area contributed by atoms with E-state index in [4.69, 9.17) is 14.7 Å². The Balaban J connectivity index is 1.30. The lowest BCUT2D eigenvalue weighted by molar-refractivity contribution is -0.253. The van der Waals surface area contributed by atoms with E-state index < -0.39 is 6.29 Å². The van der Waals surface area contributed by atoms with Crippen LogP contribution in [-0.2, 0) is 32.2 Å². The molecular weight excluding hydrogens is 546 g/mol. The SMILES string of the molecule is O=C(CCCCCCC(=O)NCc1ccc(C2OC(CN3CCCCCCC3)CC(c3ccc(CO)cc3)O2)cc1)NO. The first-order valence-electron chi connectivity index (χ1n) is 16.1. The van der Waals surface area contributed by atoms with Gasteiger partial charge in [0.25, 0.3) is 0 Å². The summed E-state index contributed by atoms with van der Waals surface area (Å²) >= 11 is 0. The van der Waals surface area contributed by atoms with E-state index in [2.05, 4.69) is 10.2 Å². The zero-order chi connectivity index (χ0) is 30.3. The molecule has 2 aliphatic heterocycles. The van der Waals surface area contributed by atoms with Crippen molar-refractivity contribution in [3.8, 4) is 0 Å². The molecule has 0 spiro atoms. The van der Waals surface area contributed by atoms with E-state index in [0.717, 1.165) is 67.6 Å². The van der Waals surface area contributed by atoms with Gasteiger partial charge in [-0.2, -0.15) is 0 Å². The minimum Gasteiger partial charge on any atom is -0.392 e. The van der Waals surface area contributed by atoms with E-state index in [1.54, 1.807) is 5.48 Å². The minimum atomic E-state index is -0.483. The molecule has 3 atom stereocenters. The summed E-state index contributed by atoms with van der Waals surface area (Å²) < 4.78 is 13.1. The van der Waals surface area contributed by atoms with Crippen LogP contribution >= 0.6 is 0 Å². The quantitative estimate of drug-likeness (QED) is 0.130. The van der Waals surface area contributed by atoms with E-state index in [1.165, 1.54) is 32.1 Å². The molecule has 2 fully saturated rings. The van der Waals surface area contributed by atoms with Gasteiger partial charge < -0.3 is 24.8 Å². The predicted octanol–water partition coefficient (Wildman–Crippen LogP) is 5.45. The van der Waals surface area contributed by atoms with Gasteiger partial charge in [-0.15, -0.1) is 0 Å². The number of ether oxygens (including phenoxy) is 2. The van der Waals surface area contributed by atoms with Gasteiger partial charge in [-0.3, -0.25) is 14.8 Å². The first-order chi connectivity index (χ1) is 21.0. The second-order valence-electron chi connectivity index (χ2n) is 11.9. The molecule has 9 heteroatoms. The highest BCUT2D eigenvalue weighted by atomic mass is 16.7. The molecule has 4 rings (SSSR count). The molecule has 43 heavy (non-hydrogen) atoms. The van der Waals surface area contributed by atoms with Crippen LogP contribution in [0, 0.1) is 0 Å². The summed E-state index contributed by atoms with van der Waals surface area (Å²) in [5, 5.41) is 21.0. The van der Waals surface area contributed by atoms with Crippen LogP contribution in [-0.4, -0.2) is 52.8 Å². The second kappa shape index (κ2) is 18.1. The number of rotatable bonds is 14. The van der Waals surface area contributed by atoms with Crippen molar-refractivity contribution in [2.45, 2.75) is 109 Å². The van der Waals surface area contributed by atoms with Crippen molar-refractivity contribution in [2.24, 2.45) is 0 Å². The van der Waals surface area contributed by atoms with Crippen LogP contribution in [0.1, 0.15) is 112 Å². The highest BCUT2D eigenvalue weighted by molar-refractivity contribution is 5.75. The van der Waals surface area contributed by atoms with E-state index in [9.17, 15) is 14.7 Å². The average Bonchev–Trinajstić information content (AvgIpc) is 3.03. The Morgan fingerprint density at radius 2 is 1.37 bits per heavy atom. The van der Waals surface area contributed by atoms with E-state index in [0.29, 0.717) is 25.8 Å². The zero-order valence-electron chi connectivity index (χ0n) is 25.3. The number of hydroxylamine groups is 1. The average molecular weight is 596 g/mol. The number of hydrogen-bond acceptors (Lipinski definition) is 7. The first-order valence-corrected chi connectivity index (χ1v) is 16.1. The van der Waals surface area contributed by atoms with Crippen LogP contribution in [0.3, 0.4) is 0 Å². The summed E-state index contributed by atoms with van der Waals surface area (Å²) in [4.78, 5) is 25.9. The Morgan fingerprint density at radius 3 is 2.02 bits per heavy atom. The normalized spacial score (nSPS) is 21.5. The highest BCUT2D eigenvalue weighted by Gasteiger charge is 2.33. The third kappa shape index (κ3) is 11.3. The zero-order valence-corrected chi connectivity index (χ0v) is 25.3. The molecule has 0 radical (unpaired) electrons. The van der Waals surface area contributed by atoms with Crippen molar-refractivity contribution in [1.29, 1.82) is 0 Å². The van der Waals surface area contributed by atoms with Crippen molar-refractivity contribution < 1.29 is 29.4 Å². The Kier molecular flexibility index (Phi) is 13.9. The number of aliphatic hydroxyl groups is 1. The molecule has 236 valence electrons. The summed E-state index contributed by atoms with van der Waals surface area (Å²) in [6, 6.07) is 16.1. The fraction of sp³-hybridized carbons (Fsp3) is 0.588. The number of carbonyl (C=O) groups excluding carboxylic acids is 2. The number of hydrogen-bond donors (Lipinski definition) is 4. The van der Waals surface area contributed by atoms with Crippen LogP contribution < -0.4 is 10.8 Å². The topological polar surface area (TPSA) is 120 Å². The maximum Gasteiger partial charge on any atom is 0.243 e. The van der Waals surface area contributed by atoms with E-state index in [-0.39, 0.29) is 30.6 Å². The number of benzene rings is 2. The van der Waals surface area contributed by atoms with E-state index >= 15 is 0 Å². The molecule has 9 nitrogen and oxygen atoms in total. The Bertz CT molecular complexity index is 1100. The van der Waals surface area contributed by atoms with Crippen molar-refractivity contribution in [1.82, 2.24) is 15.7 Å². The van der Waals surface area contributed by atoms with Crippen molar-refractivity contribution in [3.63, 3.8) is 0 Å². The van der Waals surface area contributed by atoms with E-state index in [1.807, 2.05) is 48.5 Å².